The van der Waals surface area contributed by atoms with E-state index in [4.69, 9.17) is 4.42 Å². The van der Waals surface area contributed by atoms with Gasteiger partial charge in [0.15, 0.2) is 11.6 Å². The Bertz CT molecular complexity index is 617. The Morgan fingerprint density at radius 1 is 1.62 bits per heavy atom. The molecular weight excluding hydrogens is 297 g/mol. The lowest BCUT2D eigenvalue weighted by Gasteiger charge is -2.20. The van der Waals surface area contributed by atoms with Crippen LogP contribution in [0.5, 0.6) is 0 Å². The predicted molar refractivity (Wildman–Crippen MR) is 73.4 cm³/mol. The zero-order valence-corrected chi connectivity index (χ0v) is 12.1. The van der Waals surface area contributed by atoms with E-state index in [1.807, 2.05) is 6.26 Å². The van der Waals surface area contributed by atoms with Crippen molar-refractivity contribution in [3.05, 3.63) is 29.5 Å². The van der Waals surface area contributed by atoms with Crippen molar-refractivity contribution in [1.29, 1.82) is 0 Å². The number of thioether (sulfide) groups is 1. The highest BCUT2D eigenvalue weighted by molar-refractivity contribution is 7.97. The Kier molecular flexibility index (Phi) is 3.91. The number of aromatic nitrogens is 4. The second kappa shape index (κ2) is 5.84. The molecule has 9 heteroatoms. The molecule has 0 radical (unpaired) electrons. The van der Waals surface area contributed by atoms with Gasteiger partial charge in [-0.25, -0.2) is 4.39 Å². The van der Waals surface area contributed by atoms with Crippen LogP contribution in [0, 0.1) is 0 Å². The van der Waals surface area contributed by atoms with Crippen LogP contribution in [0.15, 0.2) is 16.5 Å². The molecular formula is C12H14FN5O2S. The van der Waals surface area contributed by atoms with Crippen molar-refractivity contribution in [2.75, 3.05) is 12.8 Å². The lowest BCUT2D eigenvalue weighted by atomic mass is 10.2. The molecule has 0 aromatic carbocycles. The zero-order valence-electron chi connectivity index (χ0n) is 11.3. The summed E-state index contributed by atoms with van der Waals surface area (Å²) in [6.45, 7) is 0.0105. The summed E-state index contributed by atoms with van der Waals surface area (Å²) in [5, 5.41) is 13.5. The van der Waals surface area contributed by atoms with Crippen LogP contribution in [0.1, 0.15) is 34.6 Å². The number of H-pyrrole nitrogens is 1. The van der Waals surface area contributed by atoms with E-state index in [0.717, 1.165) is 5.76 Å². The standard InChI is InChI=1S/C12H14FN5O2S/c1-21-6-8-2-3-10(20-8)12(19)18-5-7(13)4-9(18)11-14-16-17-15-11/h2-3,7,9H,4-6H2,1H3,(H,14,15,16,17). The fourth-order valence-corrected chi connectivity index (χ4v) is 2.86. The molecule has 2 atom stereocenters. The summed E-state index contributed by atoms with van der Waals surface area (Å²) in [7, 11) is 0. The first-order valence-corrected chi connectivity index (χ1v) is 7.84. The molecule has 2 aromatic rings. The highest BCUT2D eigenvalue weighted by Crippen LogP contribution is 2.32. The Morgan fingerprint density at radius 3 is 3.19 bits per heavy atom. The summed E-state index contributed by atoms with van der Waals surface area (Å²) in [6, 6.07) is 2.86. The number of amides is 1. The quantitative estimate of drug-likeness (QED) is 0.922. The van der Waals surface area contributed by atoms with E-state index >= 15 is 0 Å². The number of nitrogens with one attached hydrogen (secondary N) is 1. The van der Waals surface area contributed by atoms with Crippen LogP contribution in [0.4, 0.5) is 4.39 Å². The maximum Gasteiger partial charge on any atom is 0.290 e. The van der Waals surface area contributed by atoms with Gasteiger partial charge in [0.1, 0.15) is 11.9 Å². The Labute approximate surface area is 124 Å². The number of halogens is 1. The molecule has 21 heavy (non-hydrogen) atoms. The molecule has 0 saturated carbocycles. The summed E-state index contributed by atoms with van der Waals surface area (Å²) < 4.78 is 19.2. The molecule has 1 saturated heterocycles. The fourth-order valence-electron chi connectivity index (χ4n) is 2.42. The van der Waals surface area contributed by atoms with Crippen LogP contribution in [0.3, 0.4) is 0 Å². The first kappa shape index (κ1) is 14.1. The molecule has 1 amide bonds. The first-order chi connectivity index (χ1) is 10.2. The molecule has 1 fully saturated rings. The van der Waals surface area contributed by atoms with Crippen molar-refractivity contribution >= 4 is 17.7 Å². The smallest absolute Gasteiger partial charge is 0.290 e. The lowest BCUT2D eigenvalue weighted by molar-refractivity contribution is 0.0689. The number of carbonyl (C=O) groups excluding carboxylic acids is 1. The van der Waals surface area contributed by atoms with Gasteiger partial charge in [0, 0.05) is 6.42 Å². The maximum atomic E-state index is 13.7. The van der Waals surface area contributed by atoms with Gasteiger partial charge >= 0.3 is 0 Å². The molecule has 2 unspecified atom stereocenters. The minimum atomic E-state index is -1.10. The average Bonchev–Trinajstić information content (AvgIpc) is 3.17. The molecule has 1 aliphatic rings. The number of nitrogens with zero attached hydrogens (tertiary/aromatic N) is 4. The average molecular weight is 311 g/mol. The number of furan rings is 1. The van der Waals surface area contributed by atoms with E-state index in [9.17, 15) is 9.18 Å². The van der Waals surface area contributed by atoms with Crippen molar-refractivity contribution < 1.29 is 13.6 Å². The number of aromatic amines is 1. The number of hydrogen-bond acceptors (Lipinski definition) is 6. The third kappa shape index (κ3) is 2.78. The summed E-state index contributed by atoms with van der Waals surface area (Å²) in [6.07, 6.45) is 1.02. The number of alkyl halides is 1. The van der Waals surface area contributed by atoms with Gasteiger partial charge in [0.05, 0.1) is 18.3 Å². The first-order valence-electron chi connectivity index (χ1n) is 6.45. The SMILES string of the molecule is CSCc1ccc(C(=O)N2CC(F)CC2c2nn[nH]n2)o1. The van der Waals surface area contributed by atoms with Crippen molar-refractivity contribution in [1.82, 2.24) is 25.5 Å². The van der Waals surface area contributed by atoms with Gasteiger partial charge in [-0.05, 0) is 18.4 Å². The minimum Gasteiger partial charge on any atom is -0.455 e. The van der Waals surface area contributed by atoms with Crippen LogP contribution in [0.2, 0.25) is 0 Å². The molecule has 0 spiro atoms. The Hall–Kier alpha value is -1.90. The maximum absolute atomic E-state index is 13.7. The molecule has 1 aliphatic heterocycles. The number of hydrogen-bond donors (Lipinski definition) is 1. The summed E-state index contributed by atoms with van der Waals surface area (Å²) in [5.74, 6) is 1.59. The fraction of sp³-hybridized carbons (Fsp3) is 0.500. The normalized spacial score (nSPS) is 21.9. The van der Waals surface area contributed by atoms with Crippen LogP contribution in [-0.4, -0.2) is 50.4 Å². The van der Waals surface area contributed by atoms with Gasteiger partial charge in [-0.2, -0.15) is 17.0 Å². The topological polar surface area (TPSA) is 87.9 Å². The molecule has 3 heterocycles. The van der Waals surface area contributed by atoms with E-state index in [0.29, 0.717) is 11.6 Å². The summed E-state index contributed by atoms with van der Waals surface area (Å²) in [4.78, 5) is 13.9. The molecule has 3 rings (SSSR count). The second-order valence-corrected chi connectivity index (χ2v) is 5.64. The Morgan fingerprint density at radius 2 is 2.48 bits per heavy atom. The van der Waals surface area contributed by atoms with Crippen LogP contribution in [0.25, 0.3) is 0 Å². The van der Waals surface area contributed by atoms with Crippen molar-refractivity contribution in [2.45, 2.75) is 24.4 Å². The molecule has 2 aromatic heterocycles. The van der Waals surface area contributed by atoms with Crippen LogP contribution < -0.4 is 0 Å². The summed E-state index contributed by atoms with van der Waals surface area (Å²) in [5.41, 5.74) is 0. The van der Waals surface area contributed by atoms with E-state index in [1.165, 1.54) is 4.90 Å². The lowest BCUT2D eigenvalue weighted by Crippen LogP contribution is -2.31. The highest BCUT2D eigenvalue weighted by atomic mass is 32.2. The highest BCUT2D eigenvalue weighted by Gasteiger charge is 2.39. The second-order valence-electron chi connectivity index (χ2n) is 4.78. The van der Waals surface area contributed by atoms with Crippen LogP contribution >= 0.6 is 11.8 Å². The molecule has 0 aliphatic carbocycles. The number of likely N-dealkylation sites (tertiary alicyclic amines) is 1. The largest absolute Gasteiger partial charge is 0.455 e. The molecule has 7 nitrogen and oxygen atoms in total. The number of tetrazole rings is 1. The Balaban J connectivity index is 1.81. The molecule has 1 N–H and O–H groups in total. The van der Waals surface area contributed by atoms with E-state index in [2.05, 4.69) is 20.6 Å². The zero-order chi connectivity index (χ0) is 14.8. The van der Waals surface area contributed by atoms with E-state index < -0.39 is 12.2 Å². The van der Waals surface area contributed by atoms with Gasteiger partial charge in [0.2, 0.25) is 0 Å². The minimum absolute atomic E-state index is 0.0105. The third-order valence-electron chi connectivity index (χ3n) is 3.33. The number of carbonyl (C=O) groups is 1. The number of rotatable bonds is 4. The van der Waals surface area contributed by atoms with Crippen molar-refractivity contribution in [3.8, 4) is 0 Å². The van der Waals surface area contributed by atoms with E-state index in [-0.39, 0.29) is 24.6 Å². The predicted octanol–water partition coefficient (Wildman–Crippen LogP) is 1.58. The summed E-state index contributed by atoms with van der Waals surface area (Å²) >= 11 is 1.60. The van der Waals surface area contributed by atoms with Gasteiger partial charge in [-0.1, -0.05) is 5.21 Å². The van der Waals surface area contributed by atoms with Gasteiger partial charge in [-0.15, -0.1) is 10.2 Å². The monoisotopic (exact) mass is 311 g/mol. The molecule has 0 bridgehead atoms. The third-order valence-corrected chi connectivity index (χ3v) is 3.90. The van der Waals surface area contributed by atoms with Gasteiger partial charge < -0.3 is 9.32 Å². The van der Waals surface area contributed by atoms with E-state index in [1.54, 1.807) is 23.9 Å². The molecule has 112 valence electrons. The van der Waals surface area contributed by atoms with Gasteiger partial charge in [0.25, 0.3) is 5.91 Å². The van der Waals surface area contributed by atoms with Gasteiger partial charge in [-0.3, -0.25) is 4.79 Å². The van der Waals surface area contributed by atoms with Crippen molar-refractivity contribution in [3.63, 3.8) is 0 Å². The van der Waals surface area contributed by atoms with Crippen LogP contribution in [-0.2, 0) is 5.75 Å². The van der Waals surface area contributed by atoms with Crippen molar-refractivity contribution in [2.24, 2.45) is 0 Å².